The van der Waals surface area contributed by atoms with Crippen molar-refractivity contribution in [2.45, 2.75) is 58.2 Å². The SMILES string of the molecule is C[C@@H](NCc1nnc2n1CCCC2)C(=O)N1CCCc2ccccc21. The van der Waals surface area contributed by atoms with E-state index < -0.39 is 0 Å². The number of nitrogens with zero attached hydrogens (tertiary/aromatic N) is 4. The highest BCUT2D eigenvalue weighted by molar-refractivity contribution is 5.97. The Kier molecular flexibility index (Phi) is 4.53. The van der Waals surface area contributed by atoms with Crippen molar-refractivity contribution in [3.8, 4) is 0 Å². The lowest BCUT2D eigenvalue weighted by Gasteiger charge is -2.31. The average Bonchev–Trinajstić information content (AvgIpc) is 3.08. The molecule has 6 heteroatoms. The number of anilines is 1. The van der Waals surface area contributed by atoms with Gasteiger partial charge in [-0.3, -0.25) is 10.1 Å². The molecule has 2 aliphatic rings. The predicted molar refractivity (Wildman–Crippen MR) is 96.4 cm³/mol. The van der Waals surface area contributed by atoms with Crippen LogP contribution in [0, 0.1) is 0 Å². The quantitative estimate of drug-likeness (QED) is 0.926. The molecule has 0 saturated heterocycles. The number of hydrogen-bond donors (Lipinski definition) is 1. The van der Waals surface area contributed by atoms with Gasteiger partial charge >= 0.3 is 0 Å². The van der Waals surface area contributed by atoms with E-state index in [1.807, 2.05) is 30.0 Å². The second kappa shape index (κ2) is 6.96. The minimum Gasteiger partial charge on any atom is -0.314 e. The van der Waals surface area contributed by atoms with Crippen molar-refractivity contribution in [1.29, 1.82) is 0 Å². The largest absolute Gasteiger partial charge is 0.314 e. The average molecular weight is 339 g/mol. The summed E-state index contributed by atoms with van der Waals surface area (Å²) in [6, 6.07) is 7.97. The lowest BCUT2D eigenvalue weighted by Crippen LogP contribution is -2.47. The molecule has 0 fully saturated rings. The smallest absolute Gasteiger partial charge is 0.243 e. The van der Waals surface area contributed by atoms with Gasteiger partial charge in [0.05, 0.1) is 12.6 Å². The van der Waals surface area contributed by atoms with E-state index in [4.69, 9.17) is 0 Å². The van der Waals surface area contributed by atoms with Crippen LogP contribution in [-0.4, -0.2) is 33.3 Å². The predicted octanol–water partition coefficient (Wildman–Crippen LogP) is 2.07. The van der Waals surface area contributed by atoms with Crippen LogP contribution in [0.5, 0.6) is 0 Å². The van der Waals surface area contributed by atoms with Crippen LogP contribution in [-0.2, 0) is 30.7 Å². The number of hydrogen-bond acceptors (Lipinski definition) is 4. The summed E-state index contributed by atoms with van der Waals surface area (Å²) in [7, 11) is 0. The Balaban J connectivity index is 1.42. The third-order valence-electron chi connectivity index (χ3n) is 5.25. The zero-order valence-electron chi connectivity index (χ0n) is 14.7. The lowest BCUT2D eigenvalue weighted by molar-refractivity contribution is -0.120. The molecular weight excluding hydrogens is 314 g/mol. The molecule has 6 nitrogen and oxygen atoms in total. The van der Waals surface area contributed by atoms with E-state index >= 15 is 0 Å². The van der Waals surface area contributed by atoms with Gasteiger partial charge in [0.25, 0.3) is 0 Å². The Morgan fingerprint density at radius 3 is 2.96 bits per heavy atom. The van der Waals surface area contributed by atoms with Crippen LogP contribution in [0.25, 0.3) is 0 Å². The van der Waals surface area contributed by atoms with Gasteiger partial charge in [0.1, 0.15) is 11.6 Å². The van der Waals surface area contributed by atoms with Crippen LogP contribution < -0.4 is 10.2 Å². The second-order valence-electron chi connectivity index (χ2n) is 6.97. The van der Waals surface area contributed by atoms with Crippen LogP contribution in [0.2, 0.25) is 0 Å². The first-order valence-corrected chi connectivity index (χ1v) is 9.27. The molecule has 0 saturated carbocycles. The highest BCUT2D eigenvalue weighted by Crippen LogP contribution is 2.27. The summed E-state index contributed by atoms with van der Waals surface area (Å²) in [6.07, 6.45) is 5.44. The number of benzene rings is 1. The number of carbonyl (C=O) groups excluding carboxylic acids is 1. The normalized spacial score (nSPS) is 17.7. The van der Waals surface area contributed by atoms with E-state index in [-0.39, 0.29) is 11.9 Å². The van der Waals surface area contributed by atoms with Crippen molar-refractivity contribution in [3.63, 3.8) is 0 Å². The van der Waals surface area contributed by atoms with Crippen LogP contribution in [0.15, 0.2) is 24.3 Å². The molecule has 2 aliphatic heterocycles. The minimum atomic E-state index is -0.248. The molecule has 1 atom stereocenters. The first-order valence-electron chi connectivity index (χ1n) is 9.27. The number of rotatable bonds is 4. The zero-order chi connectivity index (χ0) is 17.2. The van der Waals surface area contributed by atoms with Gasteiger partial charge in [-0.2, -0.15) is 0 Å². The Morgan fingerprint density at radius 1 is 1.16 bits per heavy atom. The standard InChI is InChI=1S/C19H25N5O/c1-14(20-13-18-22-21-17-10-4-5-11-24(17)18)19(25)23-12-6-8-15-7-2-3-9-16(15)23/h2-3,7,9,14,20H,4-6,8,10-13H2,1H3/t14-/m1/s1. The lowest BCUT2D eigenvalue weighted by atomic mass is 10.0. The molecular formula is C19H25N5O. The summed E-state index contributed by atoms with van der Waals surface area (Å²) < 4.78 is 2.20. The Hall–Kier alpha value is -2.21. The first kappa shape index (κ1) is 16.3. The fourth-order valence-corrected chi connectivity index (χ4v) is 3.83. The van der Waals surface area contributed by atoms with Gasteiger partial charge in [0.15, 0.2) is 0 Å². The number of carbonyl (C=O) groups is 1. The monoisotopic (exact) mass is 339 g/mol. The second-order valence-corrected chi connectivity index (χ2v) is 6.97. The molecule has 132 valence electrons. The summed E-state index contributed by atoms with van der Waals surface area (Å²) >= 11 is 0. The molecule has 0 unspecified atom stereocenters. The summed E-state index contributed by atoms with van der Waals surface area (Å²) in [5.41, 5.74) is 2.33. The maximum absolute atomic E-state index is 12.9. The van der Waals surface area contributed by atoms with Crippen LogP contribution in [0.4, 0.5) is 5.69 Å². The highest BCUT2D eigenvalue weighted by Gasteiger charge is 2.26. The van der Waals surface area contributed by atoms with Gasteiger partial charge in [-0.25, -0.2) is 0 Å². The molecule has 0 bridgehead atoms. The van der Waals surface area contributed by atoms with E-state index in [0.717, 1.165) is 49.7 Å². The van der Waals surface area contributed by atoms with Crippen molar-refractivity contribution in [2.24, 2.45) is 0 Å². The molecule has 4 rings (SSSR count). The molecule has 1 aromatic heterocycles. The molecule has 3 heterocycles. The summed E-state index contributed by atoms with van der Waals surface area (Å²) in [4.78, 5) is 14.9. The molecule has 25 heavy (non-hydrogen) atoms. The molecule has 1 amide bonds. The van der Waals surface area contributed by atoms with Crippen molar-refractivity contribution in [3.05, 3.63) is 41.5 Å². The molecule has 1 aromatic carbocycles. The van der Waals surface area contributed by atoms with Crippen LogP contribution >= 0.6 is 0 Å². The van der Waals surface area contributed by atoms with E-state index in [1.165, 1.54) is 18.4 Å². The molecule has 1 N–H and O–H groups in total. The van der Waals surface area contributed by atoms with Gasteiger partial charge in [-0.05, 0) is 44.2 Å². The summed E-state index contributed by atoms with van der Waals surface area (Å²) in [5, 5.41) is 11.9. The van der Waals surface area contributed by atoms with Gasteiger partial charge in [0.2, 0.25) is 5.91 Å². The number of para-hydroxylation sites is 1. The molecule has 2 aromatic rings. The maximum atomic E-state index is 12.9. The third-order valence-corrected chi connectivity index (χ3v) is 5.25. The number of aryl methyl sites for hydroxylation is 2. The van der Waals surface area contributed by atoms with Crippen molar-refractivity contribution in [2.75, 3.05) is 11.4 Å². The van der Waals surface area contributed by atoms with E-state index in [1.54, 1.807) is 0 Å². The summed E-state index contributed by atoms with van der Waals surface area (Å²) in [6.45, 7) is 4.30. The fraction of sp³-hybridized carbons (Fsp3) is 0.526. The number of fused-ring (bicyclic) bond motifs is 2. The Bertz CT molecular complexity index is 769. The van der Waals surface area contributed by atoms with Crippen LogP contribution in [0.1, 0.15) is 43.4 Å². The van der Waals surface area contributed by atoms with Gasteiger partial charge in [-0.15, -0.1) is 10.2 Å². The molecule has 0 spiro atoms. The molecule has 0 radical (unpaired) electrons. The Morgan fingerprint density at radius 2 is 2.04 bits per heavy atom. The van der Waals surface area contributed by atoms with E-state index in [9.17, 15) is 4.79 Å². The maximum Gasteiger partial charge on any atom is 0.243 e. The highest BCUT2D eigenvalue weighted by atomic mass is 16.2. The van der Waals surface area contributed by atoms with Crippen LogP contribution in [0.3, 0.4) is 0 Å². The van der Waals surface area contributed by atoms with E-state index in [0.29, 0.717) is 6.54 Å². The van der Waals surface area contributed by atoms with Gasteiger partial charge in [-0.1, -0.05) is 18.2 Å². The number of nitrogens with one attached hydrogen (secondary N) is 1. The zero-order valence-corrected chi connectivity index (χ0v) is 14.7. The molecule has 0 aliphatic carbocycles. The fourth-order valence-electron chi connectivity index (χ4n) is 3.83. The van der Waals surface area contributed by atoms with Gasteiger partial charge in [0, 0.05) is 25.2 Å². The van der Waals surface area contributed by atoms with Crippen molar-refractivity contribution < 1.29 is 4.79 Å². The van der Waals surface area contributed by atoms with E-state index in [2.05, 4.69) is 26.1 Å². The first-order chi connectivity index (χ1) is 12.2. The topological polar surface area (TPSA) is 63.1 Å². The van der Waals surface area contributed by atoms with Crippen molar-refractivity contribution >= 4 is 11.6 Å². The number of amides is 1. The number of aromatic nitrogens is 3. The third kappa shape index (κ3) is 3.18. The van der Waals surface area contributed by atoms with Gasteiger partial charge < -0.3 is 9.47 Å². The minimum absolute atomic E-state index is 0.130. The Labute approximate surface area is 148 Å². The van der Waals surface area contributed by atoms with Crippen molar-refractivity contribution in [1.82, 2.24) is 20.1 Å². The summed E-state index contributed by atoms with van der Waals surface area (Å²) in [5.74, 6) is 2.14.